The lowest BCUT2D eigenvalue weighted by molar-refractivity contribution is -0.134. The second kappa shape index (κ2) is 11.8. The lowest BCUT2D eigenvalue weighted by Crippen LogP contribution is -2.54. The standard InChI is InChI=1S/C25H35N3O7/c1-28-20-5-4-18(14-23(29)26-9-12-32-2)35-22(20)15-34-21-6-3-17(13-19(21)25(28)31)27-24(30)16-7-10-33-11-8-16/h3,6,13,16,18,20,22H,4-5,7-12,14-15H2,1-2H3,(H,26,29)(H,27,30)/t18-,20-,22+/m1/s1. The number of amides is 3. The van der Waals surface area contributed by atoms with E-state index < -0.39 is 0 Å². The molecule has 0 spiro atoms. The Morgan fingerprint density at radius 2 is 1.97 bits per heavy atom. The van der Waals surface area contributed by atoms with Gasteiger partial charge >= 0.3 is 0 Å². The van der Waals surface area contributed by atoms with Gasteiger partial charge in [0, 0.05) is 45.5 Å². The molecule has 0 bridgehead atoms. The Morgan fingerprint density at radius 1 is 1.17 bits per heavy atom. The van der Waals surface area contributed by atoms with E-state index in [4.69, 9.17) is 18.9 Å². The third kappa shape index (κ3) is 6.31. The first-order valence-electron chi connectivity index (χ1n) is 12.3. The van der Waals surface area contributed by atoms with Gasteiger partial charge in [0.25, 0.3) is 5.91 Å². The molecular weight excluding hydrogens is 454 g/mol. The fourth-order valence-electron chi connectivity index (χ4n) is 4.88. The predicted octanol–water partition coefficient (Wildman–Crippen LogP) is 1.59. The lowest BCUT2D eigenvalue weighted by atomic mass is 9.94. The van der Waals surface area contributed by atoms with Gasteiger partial charge in [-0.2, -0.15) is 0 Å². The van der Waals surface area contributed by atoms with Crippen LogP contribution in [0.5, 0.6) is 5.75 Å². The fraction of sp³-hybridized carbons (Fsp3) is 0.640. The number of benzene rings is 1. The van der Waals surface area contributed by atoms with Gasteiger partial charge in [-0.3, -0.25) is 14.4 Å². The van der Waals surface area contributed by atoms with Crippen LogP contribution in [0.2, 0.25) is 0 Å². The minimum Gasteiger partial charge on any atom is -0.490 e. The molecule has 192 valence electrons. The number of rotatable bonds is 7. The zero-order chi connectivity index (χ0) is 24.8. The number of hydrogen-bond donors (Lipinski definition) is 2. The number of methoxy groups -OCH3 is 1. The van der Waals surface area contributed by atoms with E-state index in [-0.39, 0.29) is 54.9 Å². The molecule has 0 radical (unpaired) electrons. The minimum atomic E-state index is -0.337. The van der Waals surface area contributed by atoms with Crippen LogP contribution in [0.1, 0.15) is 42.5 Å². The summed E-state index contributed by atoms with van der Waals surface area (Å²) in [6.45, 7) is 2.36. The molecule has 3 atom stereocenters. The largest absolute Gasteiger partial charge is 0.490 e. The molecule has 3 heterocycles. The first-order valence-corrected chi connectivity index (χ1v) is 12.3. The van der Waals surface area contributed by atoms with Crippen LogP contribution in [-0.2, 0) is 23.8 Å². The number of hydrogen-bond acceptors (Lipinski definition) is 7. The maximum absolute atomic E-state index is 13.4. The van der Waals surface area contributed by atoms with Crippen LogP contribution in [0.15, 0.2) is 18.2 Å². The lowest BCUT2D eigenvalue weighted by Gasteiger charge is -2.42. The Kier molecular flexibility index (Phi) is 8.59. The number of ether oxygens (including phenoxy) is 4. The van der Waals surface area contributed by atoms with Crippen LogP contribution < -0.4 is 15.4 Å². The van der Waals surface area contributed by atoms with Gasteiger partial charge in [0.05, 0.1) is 30.7 Å². The van der Waals surface area contributed by atoms with Gasteiger partial charge in [-0.15, -0.1) is 0 Å². The van der Waals surface area contributed by atoms with Gasteiger partial charge in [-0.25, -0.2) is 0 Å². The molecule has 0 saturated carbocycles. The SMILES string of the molecule is COCCNC(=O)C[C@H]1CC[C@@H]2[C@H](COc3ccc(NC(=O)C4CCOCC4)cc3C(=O)N2C)O1. The quantitative estimate of drug-likeness (QED) is 0.559. The topological polar surface area (TPSA) is 115 Å². The van der Waals surface area contributed by atoms with Gasteiger partial charge in [0.15, 0.2) is 0 Å². The summed E-state index contributed by atoms with van der Waals surface area (Å²) in [7, 11) is 3.36. The number of nitrogens with zero attached hydrogens (tertiary/aromatic N) is 1. The van der Waals surface area contributed by atoms with Crippen molar-refractivity contribution in [3.05, 3.63) is 23.8 Å². The molecule has 3 aliphatic heterocycles. The average molecular weight is 490 g/mol. The normalized spacial score (nSPS) is 24.9. The molecule has 0 unspecified atom stereocenters. The molecule has 10 heteroatoms. The van der Waals surface area contributed by atoms with Gasteiger partial charge in [-0.1, -0.05) is 0 Å². The van der Waals surface area contributed by atoms with E-state index >= 15 is 0 Å². The van der Waals surface area contributed by atoms with E-state index in [0.717, 1.165) is 0 Å². The van der Waals surface area contributed by atoms with Gasteiger partial charge in [0.1, 0.15) is 18.5 Å². The van der Waals surface area contributed by atoms with Crippen LogP contribution in [0.3, 0.4) is 0 Å². The van der Waals surface area contributed by atoms with Crippen molar-refractivity contribution in [2.75, 3.05) is 52.4 Å². The van der Waals surface area contributed by atoms with Crippen LogP contribution >= 0.6 is 0 Å². The van der Waals surface area contributed by atoms with Gasteiger partial charge in [0.2, 0.25) is 11.8 Å². The minimum absolute atomic E-state index is 0.0566. The summed E-state index contributed by atoms with van der Waals surface area (Å²) in [6.07, 6.45) is 2.47. The third-order valence-electron chi connectivity index (χ3n) is 6.91. The summed E-state index contributed by atoms with van der Waals surface area (Å²) in [5, 5.41) is 5.76. The zero-order valence-corrected chi connectivity index (χ0v) is 20.4. The van der Waals surface area contributed by atoms with Crippen molar-refractivity contribution in [1.82, 2.24) is 10.2 Å². The van der Waals surface area contributed by atoms with Crippen molar-refractivity contribution in [2.24, 2.45) is 5.92 Å². The summed E-state index contributed by atoms with van der Waals surface area (Å²) in [5.74, 6) is 0.0420. The summed E-state index contributed by atoms with van der Waals surface area (Å²) < 4.78 is 22.5. The van der Waals surface area contributed by atoms with Gasteiger partial charge in [-0.05, 0) is 43.9 Å². The van der Waals surface area contributed by atoms with E-state index in [0.29, 0.717) is 69.0 Å². The second-order valence-corrected chi connectivity index (χ2v) is 9.30. The Labute approximate surface area is 205 Å². The fourth-order valence-corrected chi connectivity index (χ4v) is 4.88. The van der Waals surface area contributed by atoms with Crippen molar-refractivity contribution >= 4 is 23.4 Å². The Balaban J connectivity index is 1.40. The molecule has 10 nitrogen and oxygen atoms in total. The summed E-state index contributed by atoms with van der Waals surface area (Å²) in [6, 6.07) is 4.98. The monoisotopic (exact) mass is 489 g/mol. The highest BCUT2D eigenvalue weighted by Crippen LogP contribution is 2.32. The molecule has 4 rings (SSSR count). The molecule has 3 amide bonds. The van der Waals surface area contributed by atoms with E-state index in [1.807, 2.05) is 0 Å². The Hall–Kier alpha value is -2.69. The maximum Gasteiger partial charge on any atom is 0.257 e. The van der Waals surface area contributed by atoms with E-state index in [9.17, 15) is 14.4 Å². The molecule has 1 aromatic rings. The molecular formula is C25H35N3O7. The van der Waals surface area contributed by atoms with Crippen LogP contribution in [0, 0.1) is 5.92 Å². The molecule has 2 N–H and O–H groups in total. The molecule has 2 fully saturated rings. The zero-order valence-electron chi connectivity index (χ0n) is 20.4. The van der Waals surface area contributed by atoms with Crippen LogP contribution in [0.25, 0.3) is 0 Å². The van der Waals surface area contributed by atoms with Gasteiger partial charge < -0.3 is 34.5 Å². The van der Waals surface area contributed by atoms with Crippen molar-refractivity contribution in [3.8, 4) is 5.75 Å². The number of carbonyl (C=O) groups excluding carboxylic acids is 3. The third-order valence-corrected chi connectivity index (χ3v) is 6.91. The Bertz CT molecular complexity index is 918. The summed E-state index contributed by atoms with van der Waals surface area (Å²) >= 11 is 0. The summed E-state index contributed by atoms with van der Waals surface area (Å²) in [4.78, 5) is 39.9. The number of nitrogens with one attached hydrogen (secondary N) is 2. The highest BCUT2D eigenvalue weighted by atomic mass is 16.5. The number of likely N-dealkylation sites (N-methyl/N-ethyl adjacent to an activating group) is 1. The first-order chi connectivity index (χ1) is 17.0. The van der Waals surface area contributed by atoms with E-state index in [2.05, 4.69) is 10.6 Å². The molecule has 3 aliphatic rings. The number of fused-ring (bicyclic) bond motifs is 2. The van der Waals surface area contributed by atoms with Crippen molar-refractivity contribution < 1.29 is 33.3 Å². The smallest absolute Gasteiger partial charge is 0.257 e. The second-order valence-electron chi connectivity index (χ2n) is 9.30. The highest BCUT2D eigenvalue weighted by Gasteiger charge is 2.39. The number of anilines is 1. The molecule has 0 aromatic heterocycles. The van der Waals surface area contributed by atoms with Crippen molar-refractivity contribution in [3.63, 3.8) is 0 Å². The van der Waals surface area contributed by atoms with E-state index in [1.54, 1.807) is 37.3 Å². The van der Waals surface area contributed by atoms with Crippen LogP contribution in [-0.4, -0.2) is 88.0 Å². The van der Waals surface area contributed by atoms with Crippen molar-refractivity contribution in [2.45, 2.75) is 50.4 Å². The maximum atomic E-state index is 13.4. The van der Waals surface area contributed by atoms with Crippen LogP contribution in [0.4, 0.5) is 5.69 Å². The molecule has 1 aromatic carbocycles. The van der Waals surface area contributed by atoms with E-state index in [1.165, 1.54) is 0 Å². The first kappa shape index (κ1) is 25.4. The molecule has 0 aliphatic carbocycles. The molecule has 2 saturated heterocycles. The Morgan fingerprint density at radius 3 is 2.74 bits per heavy atom. The predicted molar refractivity (Wildman–Crippen MR) is 127 cm³/mol. The molecule has 35 heavy (non-hydrogen) atoms. The van der Waals surface area contributed by atoms with Crippen molar-refractivity contribution in [1.29, 1.82) is 0 Å². The average Bonchev–Trinajstić information content (AvgIpc) is 2.87. The summed E-state index contributed by atoms with van der Waals surface area (Å²) in [5.41, 5.74) is 0.984. The number of carbonyl (C=O) groups is 3. The highest BCUT2D eigenvalue weighted by molar-refractivity contribution is 6.00.